The first-order valence-electron chi connectivity index (χ1n) is 7.50. The van der Waals surface area contributed by atoms with Crippen LogP contribution < -0.4 is 15.4 Å². The molecule has 0 spiro atoms. The Morgan fingerprint density at radius 2 is 1.95 bits per heavy atom. The van der Waals surface area contributed by atoms with E-state index in [-0.39, 0.29) is 0 Å². The maximum atomic E-state index is 6.03. The molecule has 1 atom stereocenters. The van der Waals surface area contributed by atoms with Crippen molar-refractivity contribution in [2.45, 2.75) is 51.7 Å². The maximum Gasteiger partial charge on any atom is 0.119 e. The molecule has 1 aliphatic heterocycles. The summed E-state index contributed by atoms with van der Waals surface area (Å²) in [6.07, 6.45) is 4.77. The maximum absolute atomic E-state index is 6.03. The third-order valence-electron chi connectivity index (χ3n) is 3.87. The molecule has 1 saturated heterocycles. The molecule has 0 aromatic heterocycles. The first-order chi connectivity index (χ1) is 9.22. The lowest BCUT2D eigenvalue weighted by atomic mass is 10.1. The second-order valence-electron chi connectivity index (χ2n) is 5.40. The van der Waals surface area contributed by atoms with E-state index in [0.717, 1.165) is 38.1 Å². The van der Waals surface area contributed by atoms with E-state index < -0.39 is 0 Å². The fourth-order valence-corrected chi connectivity index (χ4v) is 2.63. The van der Waals surface area contributed by atoms with Crippen LogP contribution in [-0.2, 0) is 0 Å². The lowest BCUT2D eigenvalue weighted by Gasteiger charge is -2.32. The number of hydrogen-bond donors (Lipinski definition) is 1. The van der Waals surface area contributed by atoms with Gasteiger partial charge in [0.05, 0.1) is 6.10 Å². The van der Waals surface area contributed by atoms with Crippen LogP contribution in [0.25, 0.3) is 0 Å². The number of piperidine rings is 1. The van der Waals surface area contributed by atoms with Crippen LogP contribution in [0.5, 0.6) is 5.75 Å². The predicted molar refractivity (Wildman–Crippen MR) is 80.9 cm³/mol. The Morgan fingerprint density at radius 1 is 1.26 bits per heavy atom. The van der Waals surface area contributed by atoms with Crippen LogP contribution in [0, 0.1) is 0 Å². The Morgan fingerprint density at radius 3 is 2.53 bits per heavy atom. The first-order valence-corrected chi connectivity index (χ1v) is 7.50. The Balaban J connectivity index is 1.97. The van der Waals surface area contributed by atoms with Gasteiger partial charge < -0.3 is 15.4 Å². The van der Waals surface area contributed by atoms with Crippen molar-refractivity contribution in [2.75, 3.05) is 18.0 Å². The van der Waals surface area contributed by atoms with E-state index in [9.17, 15) is 0 Å². The van der Waals surface area contributed by atoms with E-state index in [4.69, 9.17) is 10.5 Å². The number of benzene rings is 1. The quantitative estimate of drug-likeness (QED) is 0.885. The van der Waals surface area contributed by atoms with Crippen LogP contribution in [0.15, 0.2) is 24.3 Å². The van der Waals surface area contributed by atoms with Crippen molar-refractivity contribution in [1.29, 1.82) is 0 Å². The normalized spacial score (nSPS) is 19.8. The topological polar surface area (TPSA) is 38.5 Å². The van der Waals surface area contributed by atoms with Crippen LogP contribution in [0.4, 0.5) is 5.69 Å². The second-order valence-corrected chi connectivity index (χ2v) is 5.40. The number of hydrogen-bond acceptors (Lipinski definition) is 3. The molecule has 1 fully saturated rings. The minimum atomic E-state index is 0.314. The van der Waals surface area contributed by atoms with Crippen molar-refractivity contribution in [2.24, 2.45) is 5.73 Å². The van der Waals surface area contributed by atoms with E-state index in [1.54, 1.807) is 0 Å². The third kappa shape index (κ3) is 3.87. The molecule has 2 rings (SSSR count). The van der Waals surface area contributed by atoms with Gasteiger partial charge in [0.25, 0.3) is 0 Å². The molecule has 1 aromatic carbocycles. The van der Waals surface area contributed by atoms with Gasteiger partial charge in [-0.05, 0) is 49.9 Å². The monoisotopic (exact) mass is 262 g/mol. The summed E-state index contributed by atoms with van der Waals surface area (Å²) in [4.78, 5) is 2.37. The molecule has 1 aromatic rings. The highest BCUT2D eigenvalue weighted by Gasteiger charge is 2.16. The number of anilines is 1. The molecule has 1 heterocycles. The molecule has 0 amide bonds. The zero-order valence-electron chi connectivity index (χ0n) is 12.1. The summed E-state index contributed by atoms with van der Waals surface area (Å²) in [5.74, 6) is 0.971. The van der Waals surface area contributed by atoms with Gasteiger partial charge in [0, 0.05) is 24.8 Å². The van der Waals surface area contributed by atoms with Crippen molar-refractivity contribution in [3.63, 3.8) is 0 Å². The van der Waals surface area contributed by atoms with Gasteiger partial charge in [-0.3, -0.25) is 0 Å². The molecule has 1 unspecified atom stereocenters. The fourth-order valence-electron chi connectivity index (χ4n) is 2.63. The molecular formula is C16H26N2O. The highest BCUT2D eigenvalue weighted by atomic mass is 16.5. The molecule has 19 heavy (non-hydrogen) atoms. The van der Waals surface area contributed by atoms with E-state index in [2.05, 4.69) is 43.0 Å². The van der Waals surface area contributed by atoms with Crippen molar-refractivity contribution < 1.29 is 4.74 Å². The van der Waals surface area contributed by atoms with Crippen molar-refractivity contribution >= 4 is 5.69 Å². The van der Waals surface area contributed by atoms with E-state index in [1.807, 2.05) is 0 Å². The number of nitrogens with two attached hydrogens (primary N) is 1. The standard InChI is InChI=1S/C16H26N2O/c1-3-15(4-2)19-16-9-7-14(8-10-16)18-11-5-6-13(17)12-18/h7-10,13,15H,3-6,11-12,17H2,1-2H3. The number of nitrogens with zero attached hydrogens (tertiary/aromatic N) is 1. The van der Waals surface area contributed by atoms with Gasteiger partial charge in [-0.15, -0.1) is 0 Å². The molecule has 0 radical (unpaired) electrons. The van der Waals surface area contributed by atoms with Crippen LogP contribution in [-0.4, -0.2) is 25.2 Å². The Kier molecular flexibility index (Phi) is 5.08. The van der Waals surface area contributed by atoms with Gasteiger partial charge in [0.15, 0.2) is 0 Å². The van der Waals surface area contributed by atoms with Crippen molar-refractivity contribution in [1.82, 2.24) is 0 Å². The van der Waals surface area contributed by atoms with Crippen molar-refractivity contribution in [3.05, 3.63) is 24.3 Å². The largest absolute Gasteiger partial charge is 0.490 e. The van der Waals surface area contributed by atoms with Gasteiger partial charge in [0.2, 0.25) is 0 Å². The SMILES string of the molecule is CCC(CC)Oc1ccc(N2CCCC(N)C2)cc1. The summed E-state index contributed by atoms with van der Waals surface area (Å²) in [6, 6.07) is 8.77. The lowest BCUT2D eigenvalue weighted by Crippen LogP contribution is -2.42. The highest BCUT2D eigenvalue weighted by molar-refractivity contribution is 5.49. The molecule has 1 aliphatic rings. The fraction of sp³-hybridized carbons (Fsp3) is 0.625. The summed E-state index contributed by atoms with van der Waals surface area (Å²) < 4.78 is 5.93. The Labute approximate surface area is 116 Å². The minimum absolute atomic E-state index is 0.314. The van der Waals surface area contributed by atoms with Gasteiger partial charge in [0.1, 0.15) is 5.75 Å². The molecular weight excluding hydrogens is 236 g/mol. The second kappa shape index (κ2) is 6.80. The number of ether oxygens (including phenoxy) is 1. The zero-order chi connectivity index (χ0) is 13.7. The zero-order valence-corrected chi connectivity index (χ0v) is 12.1. The highest BCUT2D eigenvalue weighted by Crippen LogP contribution is 2.23. The molecule has 2 N–H and O–H groups in total. The summed E-state index contributed by atoms with van der Waals surface area (Å²) in [6.45, 7) is 6.41. The first kappa shape index (κ1) is 14.2. The summed E-state index contributed by atoms with van der Waals surface area (Å²) in [5, 5.41) is 0. The van der Waals surface area contributed by atoms with E-state index in [1.165, 1.54) is 12.1 Å². The summed E-state index contributed by atoms with van der Waals surface area (Å²) in [5.41, 5.74) is 7.28. The van der Waals surface area contributed by atoms with E-state index in [0.29, 0.717) is 12.1 Å². The summed E-state index contributed by atoms with van der Waals surface area (Å²) >= 11 is 0. The molecule has 3 nitrogen and oxygen atoms in total. The average Bonchev–Trinajstić information content (AvgIpc) is 2.45. The van der Waals surface area contributed by atoms with Crippen LogP contribution in [0.2, 0.25) is 0 Å². The molecule has 106 valence electrons. The smallest absolute Gasteiger partial charge is 0.119 e. The van der Waals surface area contributed by atoms with Gasteiger partial charge in [-0.2, -0.15) is 0 Å². The van der Waals surface area contributed by atoms with E-state index >= 15 is 0 Å². The third-order valence-corrected chi connectivity index (χ3v) is 3.87. The van der Waals surface area contributed by atoms with Crippen molar-refractivity contribution in [3.8, 4) is 5.75 Å². The molecule has 0 bridgehead atoms. The van der Waals surface area contributed by atoms with Crippen LogP contribution in [0.1, 0.15) is 39.5 Å². The Bertz CT molecular complexity index is 373. The average molecular weight is 262 g/mol. The molecule has 0 aliphatic carbocycles. The van der Waals surface area contributed by atoms with Gasteiger partial charge in [-0.1, -0.05) is 13.8 Å². The van der Waals surface area contributed by atoms with Crippen LogP contribution >= 0.6 is 0 Å². The lowest BCUT2D eigenvalue weighted by molar-refractivity contribution is 0.193. The summed E-state index contributed by atoms with van der Waals surface area (Å²) in [7, 11) is 0. The predicted octanol–water partition coefficient (Wildman–Crippen LogP) is 3.18. The van der Waals surface area contributed by atoms with Gasteiger partial charge in [-0.25, -0.2) is 0 Å². The Hall–Kier alpha value is -1.22. The minimum Gasteiger partial charge on any atom is -0.490 e. The molecule has 0 saturated carbocycles. The van der Waals surface area contributed by atoms with Gasteiger partial charge >= 0.3 is 0 Å². The molecule has 3 heteroatoms. The number of rotatable bonds is 5. The van der Waals surface area contributed by atoms with Crippen LogP contribution in [0.3, 0.4) is 0 Å².